The van der Waals surface area contributed by atoms with Gasteiger partial charge in [-0.05, 0) is 12.8 Å². The molecular formula is C9H15N3O2S. The van der Waals surface area contributed by atoms with Crippen molar-refractivity contribution in [3.8, 4) is 0 Å². The van der Waals surface area contributed by atoms with Crippen molar-refractivity contribution in [2.75, 3.05) is 0 Å². The van der Waals surface area contributed by atoms with Gasteiger partial charge in [-0.3, -0.25) is 5.10 Å². The molecule has 1 heterocycles. The Morgan fingerprint density at radius 2 is 2.20 bits per heavy atom. The molecule has 1 aromatic rings. The molecule has 0 atom stereocenters. The number of rotatable bonds is 4. The molecule has 5 nitrogen and oxygen atoms in total. The van der Waals surface area contributed by atoms with E-state index in [-0.39, 0.29) is 5.25 Å². The molecular weight excluding hydrogens is 214 g/mol. The molecule has 1 fully saturated rings. The van der Waals surface area contributed by atoms with Gasteiger partial charge in [0.15, 0.2) is 0 Å². The van der Waals surface area contributed by atoms with Gasteiger partial charge in [-0.25, -0.2) is 13.1 Å². The first kappa shape index (κ1) is 10.6. The highest BCUT2D eigenvalue weighted by Gasteiger charge is 2.28. The third-order valence-corrected chi connectivity index (χ3v) is 4.67. The lowest BCUT2D eigenvalue weighted by Crippen LogP contribution is -2.32. The molecule has 0 radical (unpaired) electrons. The van der Waals surface area contributed by atoms with Crippen LogP contribution in [0.2, 0.25) is 0 Å². The van der Waals surface area contributed by atoms with Crippen LogP contribution in [-0.4, -0.2) is 23.9 Å². The molecule has 1 aromatic heterocycles. The summed E-state index contributed by atoms with van der Waals surface area (Å²) in [6, 6.07) is 0. The number of H-pyrrole nitrogens is 1. The highest BCUT2D eigenvalue weighted by atomic mass is 32.2. The van der Waals surface area contributed by atoms with Crippen molar-refractivity contribution < 1.29 is 8.42 Å². The maximum absolute atomic E-state index is 11.8. The lowest BCUT2D eigenvalue weighted by molar-refractivity contribution is 0.564. The van der Waals surface area contributed by atoms with Crippen LogP contribution in [-0.2, 0) is 16.6 Å². The monoisotopic (exact) mass is 229 g/mol. The van der Waals surface area contributed by atoms with Crippen LogP contribution in [0.15, 0.2) is 12.4 Å². The lowest BCUT2D eigenvalue weighted by Gasteiger charge is -2.11. The number of nitrogens with zero attached hydrogens (tertiary/aromatic N) is 1. The van der Waals surface area contributed by atoms with Crippen molar-refractivity contribution in [2.45, 2.75) is 37.5 Å². The van der Waals surface area contributed by atoms with Crippen LogP contribution in [0.4, 0.5) is 0 Å². The fourth-order valence-corrected chi connectivity index (χ4v) is 3.43. The number of hydrogen-bond acceptors (Lipinski definition) is 3. The fraction of sp³-hybridized carbons (Fsp3) is 0.667. The first-order chi connectivity index (χ1) is 7.18. The van der Waals surface area contributed by atoms with E-state index in [9.17, 15) is 8.42 Å². The SMILES string of the molecule is O=S(=O)(NCc1cn[nH]c1)C1CCCC1. The Labute approximate surface area is 89.3 Å². The molecule has 0 unspecified atom stereocenters. The predicted octanol–water partition coefficient (Wildman–Crippen LogP) is 0.772. The largest absolute Gasteiger partial charge is 0.285 e. The number of nitrogens with one attached hydrogen (secondary N) is 2. The third-order valence-electron chi connectivity index (χ3n) is 2.77. The van der Waals surface area contributed by atoms with E-state index in [1.807, 2.05) is 0 Å². The summed E-state index contributed by atoms with van der Waals surface area (Å²) < 4.78 is 26.2. The van der Waals surface area contributed by atoms with Gasteiger partial charge in [-0.15, -0.1) is 0 Å². The normalized spacial score (nSPS) is 18.4. The molecule has 1 aliphatic rings. The smallest absolute Gasteiger partial charge is 0.214 e. The molecule has 1 aliphatic carbocycles. The van der Waals surface area contributed by atoms with Gasteiger partial charge < -0.3 is 0 Å². The van der Waals surface area contributed by atoms with Crippen LogP contribution in [0.3, 0.4) is 0 Å². The van der Waals surface area contributed by atoms with Crippen LogP contribution < -0.4 is 4.72 Å². The summed E-state index contributed by atoms with van der Waals surface area (Å²) in [6.07, 6.45) is 6.95. The van der Waals surface area contributed by atoms with Gasteiger partial charge >= 0.3 is 0 Å². The molecule has 0 saturated heterocycles. The minimum Gasteiger partial charge on any atom is -0.285 e. The van der Waals surface area contributed by atoms with Crippen molar-refractivity contribution in [2.24, 2.45) is 0 Å². The molecule has 0 spiro atoms. The average molecular weight is 229 g/mol. The quantitative estimate of drug-likeness (QED) is 0.801. The Bertz CT molecular complexity index is 393. The van der Waals surface area contributed by atoms with Gasteiger partial charge in [0, 0.05) is 18.3 Å². The van der Waals surface area contributed by atoms with Crippen molar-refractivity contribution in [1.82, 2.24) is 14.9 Å². The molecule has 2 rings (SSSR count). The van der Waals surface area contributed by atoms with E-state index in [4.69, 9.17) is 0 Å². The van der Waals surface area contributed by atoms with Crippen LogP contribution >= 0.6 is 0 Å². The predicted molar refractivity (Wildman–Crippen MR) is 56.6 cm³/mol. The molecule has 0 bridgehead atoms. The fourth-order valence-electron chi connectivity index (χ4n) is 1.87. The Balaban J connectivity index is 1.93. The Kier molecular flexibility index (Phi) is 3.06. The van der Waals surface area contributed by atoms with E-state index < -0.39 is 10.0 Å². The summed E-state index contributed by atoms with van der Waals surface area (Å²) in [5, 5.41) is 6.22. The number of aromatic nitrogens is 2. The Hall–Kier alpha value is -0.880. The maximum atomic E-state index is 11.8. The molecule has 2 N–H and O–H groups in total. The molecule has 15 heavy (non-hydrogen) atoms. The van der Waals surface area contributed by atoms with Crippen LogP contribution in [0.5, 0.6) is 0 Å². The summed E-state index contributed by atoms with van der Waals surface area (Å²) in [6.45, 7) is 0.329. The average Bonchev–Trinajstić information content (AvgIpc) is 2.88. The van der Waals surface area contributed by atoms with Gasteiger partial charge in [0.05, 0.1) is 11.4 Å². The van der Waals surface area contributed by atoms with E-state index in [1.54, 1.807) is 12.4 Å². The summed E-state index contributed by atoms with van der Waals surface area (Å²) >= 11 is 0. The zero-order valence-corrected chi connectivity index (χ0v) is 9.26. The second-order valence-corrected chi connectivity index (χ2v) is 5.92. The van der Waals surface area contributed by atoms with Gasteiger partial charge in [0.25, 0.3) is 0 Å². The maximum Gasteiger partial charge on any atom is 0.214 e. The molecule has 84 valence electrons. The van der Waals surface area contributed by atoms with Crippen molar-refractivity contribution in [1.29, 1.82) is 0 Å². The van der Waals surface area contributed by atoms with Crippen LogP contribution in [0.25, 0.3) is 0 Å². The lowest BCUT2D eigenvalue weighted by atomic mass is 10.4. The van der Waals surface area contributed by atoms with Crippen LogP contribution in [0, 0.1) is 0 Å². The number of sulfonamides is 1. The van der Waals surface area contributed by atoms with Gasteiger partial charge in [0.2, 0.25) is 10.0 Å². The summed E-state index contributed by atoms with van der Waals surface area (Å²) in [5.41, 5.74) is 0.858. The minimum absolute atomic E-state index is 0.190. The minimum atomic E-state index is -3.13. The van der Waals surface area contributed by atoms with Crippen molar-refractivity contribution in [3.63, 3.8) is 0 Å². The highest BCUT2D eigenvalue weighted by Crippen LogP contribution is 2.23. The van der Waals surface area contributed by atoms with E-state index in [0.29, 0.717) is 6.54 Å². The third kappa shape index (κ3) is 2.57. The topological polar surface area (TPSA) is 74.8 Å². The molecule has 0 amide bonds. The standard InChI is InChI=1S/C9H15N3O2S/c13-15(14,9-3-1-2-4-9)12-7-8-5-10-11-6-8/h5-6,9,12H,1-4,7H2,(H,10,11). The zero-order valence-electron chi connectivity index (χ0n) is 8.44. The molecule has 1 saturated carbocycles. The van der Waals surface area contributed by atoms with E-state index >= 15 is 0 Å². The number of aromatic amines is 1. The van der Waals surface area contributed by atoms with E-state index in [1.165, 1.54) is 0 Å². The van der Waals surface area contributed by atoms with E-state index in [0.717, 1.165) is 31.2 Å². The Morgan fingerprint density at radius 3 is 2.80 bits per heavy atom. The van der Waals surface area contributed by atoms with Crippen LogP contribution in [0.1, 0.15) is 31.2 Å². The first-order valence-corrected chi connectivity index (χ1v) is 6.69. The van der Waals surface area contributed by atoms with E-state index in [2.05, 4.69) is 14.9 Å². The van der Waals surface area contributed by atoms with Gasteiger partial charge in [0.1, 0.15) is 0 Å². The second-order valence-electron chi connectivity index (χ2n) is 3.88. The summed E-state index contributed by atoms with van der Waals surface area (Å²) in [7, 11) is -3.13. The first-order valence-electron chi connectivity index (χ1n) is 5.14. The summed E-state index contributed by atoms with van der Waals surface area (Å²) in [4.78, 5) is 0. The molecule has 6 heteroatoms. The van der Waals surface area contributed by atoms with Gasteiger partial charge in [-0.1, -0.05) is 12.8 Å². The highest BCUT2D eigenvalue weighted by molar-refractivity contribution is 7.90. The van der Waals surface area contributed by atoms with Crippen molar-refractivity contribution in [3.05, 3.63) is 18.0 Å². The second kappa shape index (κ2) is 4.32. The zero-order chi connectivity index (χ0) is 10.7. The molecule has 0 aromatic carbocycles. The van der Waals surface area contributed by atoms with Gasteiger partial charge in [-0.2, -0.15) is 5.10 Å². The molecule has 0 aliphatic heterocycles. The number of hydrogen-bond donors (Lipinski definition) is 2. The van der Waals surface area contributed by atoms with Crippen molar-refractivity contribution >= 4 is 10.0 Å². The summed E-state index contributed by atoms with van der Waals surface area (Å²) in [5.74, 6) is 0. The Morgan fingerprint density at radius 1 is 1.47 bits per heavy atom.